The fourth-order valence-electron chi connectivity index (χ4n) is 3.12. The predicted molar refractivity (Wildman–Crippen MR) is 104 cm³/mol. The van der Waals surface area contributed by atoms with E-state index in [2.05, 4.69) is 15.5 Å². The van der Waals surface area contributed by atoms with Gasteiger partial charge >= 0.3 is 6.03 Å². The van der Waals surface area contributed by atoms with Crippen LogP contribution in [0.2, 0.25) is 5.02 Å². The van der Waals surface area contributed by atoms with Gasteiger partial charge < -0.3 is 15.2 Å². The van der Waals surface area contributed by atoms with Gasteiger partial charge in [-0.05, 0) is 42.7 Å². The largest absolute Gasteiger partial charge is 0.335 e. The zero-order chi connectivity index (χ0) is 18.5. The van der Waals surface area contributed by atoms with Crippen molar-refractivity contribution < 1.29 is 4.79 Å². The van der Waals surface area contributed by atoms with E-state index in [4.69, 9.17) is 11.6 Å². The first-order chi connectivity index (χ1) is 12.5. The monoisotopic (exact) mass is 374 g/mol. The lowest BCUT2D eigenvalue weighted by Gasteiger charge is -2.32. The molecule has 2 amide bonds. The van der Waals surface area contributed by atoms with Gasteiger partial charge in [-0.15, -0.1) is 0 Å². The molecule has 0 saturated carbocycles. The minimum absolute atomic E-state index is 0.115. The molecule has 1 aromatic carbocycles. The van der Waals surface area contributed by atoms with Gasteiger partial charge in [0.2, 0.25) is 0 Å². The number of nitrogens with one attached hydrogen (secondary N) is 2. The summed E-state index contributed by atoms with van der Waals surface area (Å²) >= 11 is 5.92. The van der Waals surface area contributed by atoms with E-state index in [0.717, 1.165) is 37.5 Å². The van der Waals surface area contributed by atoms with E-state index >= 15 is 0 Å². The second kappa shape index (κ2) is 8.38. The highest BCUT2D eigenvalue weighted by molar-refractivity contribution is 6.30. The lowest BCUT2D eigenvalue weighted by molar-refractivity contribution is 0.190. The van der Waals surface area contributed by atoms with Crippen LogP contribution in [0.3, 0.4) is 0 Å². The molecule has 26 heavy (non-hydrogen) atoms. The van der Waals surface area contributed by atoms with Gasteiger partial charge in [-0.3, -0.25) is 9.69 Å². The van der Waals surface area contributed by atoms with Crippen molar-refractivity contribution in [1.29, 1.82) is 0 Å². The van der Waals surface area contributed by atoms with Gasteiger partial charge in [0, 0.05) is 43.9 Å². The van der Waals surface area contributed by atoms with E-state index < -0.39 is 0 Å². The minimum atomic E-state index is -0.329. The second-order valence-electron chi connectivity index (χ2n) is 6.61. The molecule has 7 heteroatoms. The number of carbonyl (C=O) groups is 1. The number of pyridine rings is 1. The summed E-state index contributed by atoms with van der Waals surface area (Å²) in [5.74, 6) is 0. The van der Waals surface area contributed by atoms with Crippen LogP contribution in [0.25, 0.3) is 0 Å². The Morgan fingerprint density at radius 1 is 1.19 bits per heavy atom. The maximum Gasteiger partial charge on any atom is 0.319 e. The third kappa shape index (κ3) is 4.86. The quantitative estimate of drug-likeness (QED) is 0.864. The number of aryl methyl sites for hydroxylation is 1. The SMILES string of the molecule is Cn1cccc(NC(=O)NC2CCN(Cc3ccc(Cl)cc3)CC2)c1=O. The number of anilines is 1. The van der Waals surface area contributed by atoms with Crippen LogP contribution in [0.1, 0.15) is 18.4 Å². The van der Waals surface area contributed by atoms with Crippen LogP contribution in [0.5, 0.6) is 0 Å². The topological polar surface area (TPSA) is 66.4 Å². The zero-order valence-electron chi connectivity index (χ0n) is 14.7. The molecule has 0 unspecified atom stereocenters. The van der Waals surface area contributed by atoms with Crippen molar-refractivity contribution in [2.45, 2.75) is 25.4 Å². The Balaban J connectivity index is 1.46. The van der Waals surface area contributed by atoms with Gasteiger partial charge in [-0.2, -0.15) is 0 Å². The summed E-state index contributed by atoms with van der Waals surface area (Å²) in [5, 5.41) is 6.35. The Kier molecular flexibility index (Phi) is 5.96. The number of likely N-dealkylation sites (tertiary alicyclic amines) is 1. The Bertz CT molecular complexity index is 811. The molecule has 138 valence electrons. The normalized spacial score (nSPS) is 15.6. The van der Waals surface area contributed by atoms with Crippen molar-refractivity contribution >= 4 is 23.3 Å². The lowest BCUT2D eigenvalue weighted by atomic mass is 10.0. The second-order valence-corrected chi connectivity index (χ2v) is 7.05. The highest BCUT2D eigenvalue weighted by Gasteiger charge is 2.21. The van der Waals surface area contributed by atoms with Crippen molar-refractivity contribution in [2.75, 3.05) is 18.4 Å². The van der Waals surface area contributed by atoms with Gasteiger partial charge in [0.15, 0.2) is 0 Å². The van der Waals surface area contributed by atoms with Crippen molar-refractivity contribution in [3.8, 4) is 0 Å². The third-order valence-electron chi connectivity index (χ3n) is 4.61. The Morgan fingerprint density at radius 2 is 1.88 bits per heavy atom. The number of benzene rings is 1. The van der Waals surface area contributed by atoms with Gasteiger partial charge in [-0.1, -0.05) is 23.7 Å². The summed E-state index contributed by atoms with van der Waals surface area (Å²) in [6.45, 7) is 2.72. The Morgan fingerprint density at radius 3 is 2.58 bits per heavy atom. The first-order valence-electron chi connectivity index (χ1n) is 8.71. The van der Waals surface area contributed by atoms with Crippen LogP contribution in [-0.4, -0.2) is 34.6 Å². The molecular formula is C19H23ClN4O2. The van der Waals surface area contributed by atoms with E-state index in [1.54, 1.807) is 25.4 Å². The summed E-state index contributed by atoms with van der Waals surface area (Å²) in [4.78, 5) is 26.5. The van der Waals surface area contributed by atoms with Gasteiger partial charge in [0.1, 0.15) is 5.69 Å². The van der Waals surface area contributed by atoms with Gasteiger partial charge in [0.05, 0.1) is 0 Å². The third-order valence-corrected chi connectivity index (χ3v) is 4.87. The van der Waals surface area contributed by atoms with E-state index in [0.29, 0.717) is 0 Å². The summed E-state index contributed by atoms with van der Waals surface area (Å²) in [5.41, 5.74) is 1.30. The average molecular weight is 375 g/mol. The van der Waals surface area contributed by atoms with Gasteiger partial charge in [0.25, 0.3) is 5.56 Å². The predicted octanol–water partition coefficient (Wildman–Crippen LogP) is 2.82. The lowest BCUT2D eigenvalue weighted by Crippen LogP contribution is -2.46. The molecule has 1 aliphatic rings. The first kappa shape index (κ1) is 18.5. The summed E-state index contributed by atoms with van der Waals surface area (Å²) in [6.07, 6.45) is 3.42. The average Bonchev–Trinajstić information content (AvgIpc) is 2.62. The number of aromatic nitrogens is 1. The van der Waals surface area contributed by atoms with Crippen molar-refractivity contribution in [3.05, 3.63) is 63.5 Å². The first-order valence-corrected chi connectivity index (χ1v) is 9.09. The van der Waals surface area contributed by atoms with Crippen LogP contribution in [0.4, 0.5) is 10.5 Å². The molecule has 0 bridgehead atoms. The molecule has 1 saturated heterocycles. The number of urea groups is 1. The van der Waals surface area contributed by atoms with Crippen molar-refractivity contribution in [1.82, 2.24) is 14.8 Å². The maximum atomic E-state index is 12.2. The highest BCUT2D eigenvalue weighted by atomic mass is 35.5. The van der Waals surface area contributed by atoms with Crippen molar-refractivity contribution in [3.63, 3.8) is 0 Å². The molecule has 2 heterocycles. The molecule has 2 aromatic rings. The molecule has 0 aliphatic carbocycles. The van der Waals surface area contributed by atoms with Crippen LogP contribution < -0.4 is 16.2 Å². The molecule has 3 rings (SSSR count). The van der Waals surface area contributed by atoms with Gasteiger partial charge in [-0.25, -0.2) is 4.79 Å². The van der Waals surface area contributed by atoms with Crippen LogP contribution in [0, 0.1) is 0 Å². The molecule has 0 radical (unpaired) electrons. The van der Waals surface area contributed by atoms with Crippen LogP contribution in [0.15, 0.2) is 47.4 Å². The number of amides is 2. The molecule has 1 aromatic heterocycles. The standard InChI is InChI=1S/C19H23ClN4O2/c1-23-10-2-3-17(18(23)25)22-19(26)21-16-8-11-24(12-9-16)13-14-4-6-15(20)7-5-14/h2-7,10,16H,8-9,11-13H2,1H3,(H2,21,22,26). The molecule has 2 N–H and O–H groups in total. The number of nitrogens with zero attached hydrogens (tertiary/aromatic N) is 2. The molecule has 0 spiro atoms. The number of piperidine rings is 1. The zero-order valence-corrected chi connectivity index (χ0v) is 15.5. The van der Waals surface area contributed by atoms with Crippen LogP contribution >= 0.6 is 11.6 Å². The molecule has 6 nitrogen and oxygen atoms in total. The molecule has 1 fully saturated rings. The summed E-state index contributed by atoms with van der Waals surface area (Å²) < 4.78 is 1.44. The van der Waals surface area contributed by atoms with E-state index in [-0.39, 0.29) is 23.3 Å². The molecular weight excluding hydrogens is 352 g/mol. The van der Waals surface area contributed by atoms with E-state index in [1.165, 1.54) is 10.1 Å². The van der Waals surface area contributed by atoms with E-state index in [9.17, 15) is 9.59 Å². The molecule has 0 atom stereocenters. The fourth-order valence-corrected chi connectivity index (χ4v) is 3.25. The number of rotatable bonds is 4. The number of hydrogen-bond donors (Lipinski definition) is 2. The summed E-state index contributed by atoms with van der Waals surface area (Å²) in [7, 11) is 1.65. The number of halogens is 1. The number of carbonyl (C=O) groups excluding carboxylic acids is 1. The Hall–Kier alpha value is -2.31. The maximum absolute atomic E-state index is 12.2. The summed E-state index contributed by atoms with van der Waals surface area (Å²) in [6, 6.07) is 11.0. The van der Waals surface area contributed by atoms with Crippen LogP contribution in [-0.2, 0) is 13.6 Å². The van der Waals surface area contributed by atoms with Crippen molar-refractivity contribution in [2.24, 2.45) is 7.05 Å². The highest BCUT2D eigenvalue weighted by Crippen LogP contribution is 2.16. The van der Waals surface area contributed by atoms with E-state index in [1.807, 2.05) is 24.3 Å². The molecule has 1 aliphatic heterocycles. The fraction of sp³-hybridized carbons (Fsp3) is 0.368. The smallest absolute Gasteiger partial charge is 0.319 e. The number of hydrogen-bond acceptors (Lipinski definition) is 3. The Labute approximate surface area is 157 Å². The minimum Gasteiger partial charge on any atom is -0.335 e.